The van der Waals surface area contributed by atoms with Gasteiger partial charge >= 0.3 is 12.3 Å². The second-order valence-corrected chi connectivity index (χ2v) is 18.5. The fraction of sp³-hybridized carbons (Fsp3) is 0.632. The Balaban J connectivity index is 1.38. The number of allylic oxidation sites excluding steroid dienone is 1. The maximum atomic E-state index is 14.5. The summed E-state index contributed by atoms with van der Waals surface area (Å²) in [5.74, 6) is -4.33. The SMILES string of the molecule is CC[C@@H]1C[C@H](C)CCC=C[C@@H]2C[C@@]2(C(=O)NS(=O)(=O)C2(C)CC2)NC(=O)[C@@H]2C[C@@H](Oc3nc4cc(OC(C)C)ccc4nc3C(F)(F)F)CN2C(=O)[C@H]1NC(=O)O. The number of rotatable bonds is 9. The molecule has 7 atom stereocenters. The zero-order valence-corrected chi connectivity index (χ0v) is 33.2. The molecule has 0 spiro atoms. The molecule has 1 saturated heterocycles. The van der Waals surface area contributed by atoms with Gasteiger partial charge in [0.25, 0.3) is 5.91 Å². The molecule has 4 aliphatic rings. The van der Waals surface area contributed by atoms with Gasteiger partial charge < -0.3 is 30.1 Å². The summed E-state index contributed by atoms with van der Waals surface area (Å²) in [6.45, 7) is 8.37. The van der Waals surface area contributed by atoms with E-state index in [-0.39, 0.29) is 35.9 Å². The normalized spacial score (nSPS) is 29.0. The van der Waals surface area contributed by atoms with E-state index in [4.69, 9.17) is 9.47 Å². The molecule has 2 aliphatic heterocycles. The second kappa shape index (κ2) is 15.6. The van der Waals surface area contributed by atoms with E-state index in [1.807, 2.05) is 13.0 Å². The summed E-state index contributed by atoms with van der Waals surface area (Å²) in [6.07, 6.45) is -2.04. The van der Waals surface area contributed by atoms with Crippen LogP contribution in [0.2, 0.25) is 0 Å². The van der Waals surface area contributed by atoms with Crippen LogP contribution in [0.5, 0.6) is 11.6 Å². The number of carbonyl (C=O) groups excluding carboxylic acids is 3. The third-order valence-electron chi connectivity index (χ3n) is 11.4. The fourth-order valence-corrected chi connectivity index (χ4v) is 9.05. The fourth-order valence-electron chi connectivity index (χ4n) is 7.74. The highest BCUT2D eigenvalue weighted by molar-refractivity contribution is 7.91. The Bertz CT molecular complexity index is 2060. The van der Waals surface area contributed by atoms with Crippen molar-refractivity contribution in [3.05, 3.63) is 36.0 Å². The monoisotopic (exact) mass is 822 g/mol. The maximum Gasteiger partial charge on any atom is 0.438 e. The molecule has 3 fully saturated rings. The Morgan fingerprint density at radius 3 is 2.49 bits per heavy atom. The number of alkyl halides is 3. The number of hydrogen-bond donors (Lipinski definition) is 4. The molecule has 312 valence electrons. The minimum Gasteiger partial charge on any atom is -0.491 e. The lowest BCUT2D eigenvalue weighted by Gasteiger charge is -2.33. The molecule has 15 nitrogen and oxygen atoms in total. The van der Waals surface area contributed by atoms with E-state index in [9.17, 15) is 45.9 Å². The Labute approximate surface area is 328 Å². The van der Waals surface area contributed by atoms with Crippen LogP contribution >= 0.6 is 0 Å². The lowest BCUT2D eigenvalue weighted by atomic mass is 9.85. The molecule has 0 radical (unpaired) electrons. The summed E-state index contributed by atoms with van der Waals surface area (Å²) in [4.78, 5) is 63.9. The number of nitrogens with one attached hydrogen (secondary N) is 3. The Morgan fingerprint density at radius 1 is 1.14 bits per heavy atom. The highest BCUT2D eigenvalue weighted by Gasteiger charge is 2.63. The van der Waals surface area contributed by atoms with Gasteiger partial charge in [-0.1, -0.05) is 32.4 Å². The highest BCUT2D eigenvalue weighted by atomic mass is 32.2. The largest absolute Gasteiger partial charge is 0.491 e. The summed E-state index contributed by atoms with van der Waals surface area (Å²) in [7, 11) is -4.11. The lowest BCUT2D eigenvalue weighted by Crippen LogP contribution is -2.59. The van der Waals surface area contributed by atoms with Crippen LogP contribution in [-0.2, 0) is 30.6 Å². The van der Waals surface area contributed by atoms with Crippen molar-refractivity contribution in [1.82, 2.24) is 30.2 Å². The molecule has 0 bridgehead atoms. The van der Waals surface area contributed by atoms with Crippen molar-refractivity contribution in [2.45, 2.75) is 127 Å². The van der Waals surface area contributed by atoms with E-state index >= 15 is 0 Å². The third-order valence-corrected chi connectivity index (χ3v) is 13.6. The first-order chi connectivity index (χ1) is 26.7. The molecule has 0 unspecified atom stereocenters. The van der Waals surface area contributed by atoms with Crippen LogP contribution in [-0.4, -0.2) is 93.3 Å². The Kier molecular flexibility index (Phi) is 11.5. The minimum atomic E-state index is -5.02. The van der Waals surface area contributed by atoms with Crippen LogP contribution in [0.25, 0.3) is 11.0 Å². The van der Waals surface area contributed by atoms with Gasteiger partial charge in [-0.05, 0) is 83.3 Å². The van der Waals surface area contributed by atoms with Crippen molar-refractivity contribution in [1.29, 1.82) is 0 Å². The first kappa shape index (κ1) is 41.9. The molecule has 2 aromatic rings. The maximum absolute atomic E-state index is 14.5. The van der Waals surface area contributed by atoms with Crippen molar-refractivity contribution in [3.63, 3.8) is 0 Å². The number of halogens is 3. The molecule has 2 saturated carbocycles. The van der Waals surface area contributed by atoms with Crippen LogP contribution in [0.3, 0.4) is 0 Å². The van der Waals surface area contributed by atoms with Crippen LogP contribution in [0.4, 0.5) is 18.0 Å². The number of sulfonamides is 1. The number of amides is 4. The van der Waals surface area contributed by atoms with Gasteiger partial charge in [-0.3, -0.25) is 19.1 Å². The molecule has 2 aliphatic carbocycles. The van der Waals surface area contributed by atoms with E-state index in [2.05, 4.69) is 25.3 Å². The number of aromatic nitrogens is 2. The number of ether oxygens (including phenoxy) is 2. The summed E-state index contributed by atoms with van der Waals surface area (Å²) in [6, 6.07) is 1.39. The molecule has 4 N–H and O–H groups in total. The molecular weight excluding hydrogens is 774 g/mol. The number of fused-ring (bicyclic) bond motifs is 3. The van der Waals surface area contributed by atoms with E-state index in [1.165, 1.54) is 25.1 Å². The molecule has 57 heavy (non-hydrogen) atoms. The molecule has 19 heteroatoms. The van der Waals surface area contributed by atoms with Gasteiger partial charge in [-0.2, -0.15) is 13.2 Å². The van der Waals surface area contributed by atoms with Gasteiger partial charge in [0.2, 0.25) is 33.4 Å². The zero-order valence-electron chi connectivity index (χ0n) is 32.4. The summed E-state index contributed by atoms with van der Waals surface area (Å²) < 4.78 is 82.2. The van der Waals surface area contributed by atoms with Gasteiger partial charge in [0.15, 0.2) is 0 Å². The molecule has 1 aromatic carbocycles. The van der Waals surface area contributed by atoms with E-state index in [1.54, 1.807) is 26.8 Å². The van der Waals surface area contributed by atoms with E-state index < -0.39 is 98.4 Å². The molecule has 6 rings (SSSR count). The molecule has 1 aromatic heterocycles. The van der Waals surface area contributed by atoms with Crippen LogP contribution < -0.4 is 24.8 Å². The predicted molar refractivity (Wildman–Crippen MR) is 199 cm³/mol. The lowest BCUT2D eigenvalue weighted by molar-refractivity contribution is -0.143. The predicted octanol–water partition coefficient (Wildman–Crippen LogP) is 4.70. The quantitative estimate of drug-likeness (QED) is 0.255. The van der Waals surface area contributed by atoms with Crippen molar-refractivity contribution in [2.75, 3.05) is 6.54 Å². The molecule has 3 heterocycles. The highest BCUT2D eigenvalue weighted by Crippen LogP contribution is 2.48. The van der Waals surface area contributed by atoms with Gasteiger partial charge in [0.05, 0.1) is 28.4 Å². The number of carboxylic acid groups (broad SMARTS) is 1. The molecular formula is C38H49F3N6O9S. The Hall–Kier alpha value is -4.68. The zero-order chi connectivity index (χ0) is 41.7. The number of hydrogen-bond acceptors (Lipinski definition) is 10. The summed E-state index contributed by atoms with van der Waals surface area (Å²) in [5.41, 5.74) is -3.21. The van der Waals surface area contributed by atoms with Crippen molar-refractivity contribution in [3.8, 4) is 11.6 Å². The first-order valence-corrected chi connectivity index (χ1v) is 20.7. The topological polar surface area (TPSA) is 206 Å². The third kappa shape index (κ3) is 8.92. The number of carbonyl (C=O) groups is 4. The average molecular weight is 823 g/mol. The van der Waals surface area contributed by atoms with Crippen LogP contribution in [0.15, 0.2) is 30.4 Å². The van der Waals surface area contributed by atoms with E-state index in [0.29, 0.717) is 44.3 Å². The summed E-state index contributed by atoms with van der Waals surface area (Å²) >= 11 is 0. The van der Waals surface area contributed by atoms with Crippen molar-refractivity contribution >= 4 is 44.9 Å². The second-order valence-electron chi connectivity index (χ2n) is 16.3. The summed E-state index contributed by atoms with van der Waals surface area (Å²) in [5, 5.41) is 14.9. The molecule has 4 amide bonds. The van der Waals surface area contributed by atoms with Crippen LogP contribution in [0.1, 0.15) is 91.7 Å². The average Bonchev–Trinajstić information content (AvgIpc) is 4.00. The minimum absolute atomic E-state index is 0.0104. The first-order valence-electron chi connectivity index (χ1n) is 19.2. The van der Waals surface area contributed by atoms with Crippen LogP contribution in [0, 0.1) is 17.8 Å². The number of benzene rings is 1. The van der Waals surface area contributed by atoms with Gasteiger partial charge in [-0.15, -0.1) is 0 Å². The van der Waals surface area contributed by atoms with Gasteiger partial charge in [-0.25, -0.2) is 23.2 Å². The Morgan fingerprint density at radius 2 is 1.86 bits per heavy atom. The number of nitrogens with zero attached hydrogens (tertiary/aromatic N) is 3. The van der Waals surface area contributed by atoms with Crippen molar-refractivity contribution in [2.24, 2.45) is 17.8 Å². The van der Waals surface area contributed by atoms with Crippen molar-refractivity contribution < 1.29 is 55.3 Å². The smallest absolute Gasteiger partial charge is 0.438 e. The van der Waals surface area contributed by atoms with E-state index in [0.717, 1.165) is 4.90 Å². The van der Waals surface area contributed by atoms with Gasteiger partial charge in [0.1, 0.15) is 29.5 Å². The van der Waals surface area contributed by atoms with Gasteiger partial charge in [0, 0.05) is 18.4 Å². The standard InChI is InChI=1S/C38H49F3N6O9S/c1-6-22-15-21(4)9-7-8-10-23-18-37(23,34(50)46-57(53,54)36(5)13-14-36)45-31(48)28-17-25(19-47(28)33(49)29(22)44-35(51)52)56-32-30(38(39,40)41)42-26-12-11-24(55-20(2)3)16-27(26)43-32/h8,10-12,16,20-23,25,28-29,44H,6-7,9,13-15,17-19H2,1-5H3,(H,45,48)(H,46,50)(H,51,52)/t21-,22-,23-,25-,28+,29+,37-/m1/s1.